The highest BCUT2D eigenvalue weighted by Gasteiger charge is 2.25. The summed E-state index contributed by atoms with van der Waals surface area (Å²) in [7, 11) is 0. The lowest BCUT2D eigenvalue weighted by Gasteiger charge is -2.32. The van der Waals surface area contributed by atoms with Crippen LogP contribution in [-0.4, -0.2) is 15.2 Å². The van der Waals surface area contributed by atoms with Crippen LogP contribution in [-0.2, 0) is 0 Å². The van der Waals surface area contributed by atoms with Crippen molar-refractivity contribution in [1.82, 2.24) is 9.38 Å². The maximum atomic E-state index is 13.8. The number of ketones is 1. The van der Waals surface area contributed by atoms with Gasteiger partial charge in [0.25, 0.3) is 0 Å². The number of anilines is 3. The minimum atomic E-state index is -0.0934. The number of carbonyl (C=O) groups excluding carboxylic acids is 1. The molecule has 0 bridgehead atoms. The average Bonchev–Trinajstić information content (AvgIpc) is 3.36. The van der Waals surface area contributed by atoms with E-state index < -0.39 is 0 Å². The molecular weight excluding hydrogens is 474 g/mol. The largest absolute Gasteiger partial charge is 0.308 e. The zero-order valence-electron chi connectivity index (χ0n) is 19.8. The minimum Gasteiger partial charge on any atom is -0.308 e. The normalized spacial score (nSPS) is 12.3. The molecule has 1 aliphatic rings. The fraction of sp³-hybridized carbons (Fsp3) is 0. The molecule has 5 heteroatoms. The number of nitrogens with zero attached hydrogens (tertiary/aromatic N) is 3. The summed E-state index contributed by atoms with van der Waals surface area (Å²) >= 11 is 1.78. The second-order valence-electron chi connectivity index (χ2n) is 8.85. The van der Waals surface area contributed by atoms with Gasteiger partial charge in [0.2, 0.25) is 5.78 Å². The van der Waals surface area contributed by atoms with Crippen LogP contribution in [0.1, 0.15) is 16.1 Å². The standard InChI is InChI=1S/C32H21N3OS/c36-32(30-31(22-10-2-1-3-11-22)34-21-9-8-16-29(34)33-30)23-17-19-24(20-18-23)35-25-12-4-6-14-27(25)37-28-15-7-5-13-26(28)35/h1-21H. The Balaban J connectivity index is 1.31. The molecule has 1 aliphatic heterocycles. The summed E-state index contributed by atoms with van der Waals surface area (Å²) in [5.74, 6) is -0.0934. The SMILES string of the molecule is O=C(c1ccc(N2c3ccccc3Sc3ccccc32)cc1)c1nc2ccccn2c1-c1ccccc1. The molecule has 4 nitrogen and oxygen atoms in total. The van der Waals surface area contributed by atoms with Gasteiger partial charge in [-0.25, -0.2) is 4.98 Å². The van der Waals surface area contributed by atoms with Gasteiger partial charge in [-0.05, 0) is 60.7 Å². The molecular formula is C32H21N3OS. The monoisotopic (exact) mass is 495 g/mol. The van der Waals surface area contributed by atoms with E-state index in [2.05, 4.69) is 53.4 Å². The van der Waals surface area contributed by atoms with Crippen molar-refractivity contribution in [2.24, 2.45) is 0 Å². The molecule has 0 N–H and O–H groups in total. The molecule has 0 aliphatic carbocycles. The molecule has 2 aromatic heterocycles. The smallest absolute Gasteiger partial charge is 0.213 e. The number of imidazole rings is 1. The van der Waals surface area contributed by atoms with E-state index in [0.29, 0.717) is 11.3 Å². The molecule has 7 rings (SSSR count). The van der Waals surface area contributed by atoms with Crippen molar-refractivity contribution in [3.63, 3.8) is 0 Å². The first-order valence-corrected chi connectivity index (χ1v) is 12.9. The number of rotatable bonds is 4. The van der Waals surface area contributed by atoms with Crippen molar-refractivity contribution >= 4 is 40.3 Å². The number of para-hydroxylation sites is 2. The zero-order chi connectivity index (χ0) is 24.8. The fourth-order valence-electron chi connectivity index (χ4n) is 4.91. The van der Waals surface area contributed by atoms with Gasteiger partial charge in [-0.2, -0.15) is 0 Å². The summed E-state index contributed by atoms with van der Waals surface area (Å²) in [4.78, 5) is 23.2. The summed E-state index contributed by atoms with van der Waals surface area (Å²) in [6, 6.07) is 40.5. The Bertz CT molecular complexity index is 1730. The highest BCUT2D eigenvalue weighted by atomic mass is 32.2. The third kappa shape index (κ3) is 3.63. The van der Waals surface area contributed by atoms with Gasteiger partial charge in [-0.15, -0.1) is 0 Å². The van der Waals surface area contributed by atoms with Crippen molar-refractivity contribution in [3.8, 4) is 11.3 Å². The number of aromatic nitrogens is 2. The molecule has 37 heavy (non-hydrogen) atoms. The first kappa shape index (κ1) is 21.7. The minimum absolute atomic E-state index is 0.0934. The first-order chi connectivity index (χ1) is 18.3. The molecule has 6 aromatic rings. The van der Waals surface area contributed by atoms with Gasteiger partial charge in [0, 0.05) is 32.8 Å². The third-order valence-corrected chi connectivity index (χ3v) is 7.74. The van der Waals surface area contributed by atoms with E-state index >= 15 is 0 Å². The number of hydrogen-bond acceptors (Lipinski definition) is 4. The average molecular weight is 496 g/mol. The summed E-state index contributed by atoms with van der Waals surface area (Å²) in [5.41, 5.74) is 6.86. The quantitative estimate of drug-likeness (QED) is 0.231. The highest BCUT2D eigenvalue weighted by Crippen LogP contribution is 2.51. The number of pyridine rings is 1. The lowest BCUT2D eigenvalue weighted by Crippen LogP contribution is -2.15. The van der Waals surface area contributed by atoms with Crippen molar-refractivity contribution in [1.29, 1.82) is 0 Å². The lowest BCUT2D eigenvalue weighted by molar-refractivity contribution is 0.103. The molecule has 176 valence electrons. The molecule has 4 aromatic carbocycles. The van der Waals surface area contributed by atoms with Crippen LogP contribution >= 0.6 is 11.8 Å². The van der Waals surface area contributed by atoms with E-state index in [4.69, 9.17) is 4.98 Å². The van der Waals surface area contributed by atoms with Gasteiger partial charge in [0.15, 0.2) is 0 Å². The van der Waals surface area contributed by atoms with Gasteiger partial charge in [0.1, 0.15) is 11.3 Å². The molecule has 0 spiro atoms. The maximum Gasteiger partial charge on any atom is 0.213 e. The van der Waals surface area contributed by atoms with Crippen molar-refractivity contribution in [2.45, 2.75) is 9.79 Å². The van der Waals surface area contributed by atoms with Crippen LogP contribution in [0.25, 0.3) is 16.9 Å². The summed E-state index contributed by atoms with van der Waals surface area (Å²) in [6.07, 6.45) is 1.95. The number of fused-ring (bicyclic) bond motifs is 3. The van der Waals surface area contributed by atoms with Crippen molar-refractivity contribution in [2.75, 3.05) is 4.90 Å². The Labute approximate surface area is 218 Å². The van der Waals surface area contributed by atoms with Gasteiger partial charge in [-0.3, -0.25) is 9.20 Å². The first-order valence-electron chi connectivity index (χ1n) is 12.1. The molecule has 0 unspecified atom stereocenters. The summed E-state index contributed by atoms with van der Waals surface area (Å²) < 4.78 is 1.98. The lowest BCUT2D eigenvalue weighted by atomic mass is 10.0. The summed E-state index contributed by atoms with van der Waals surface area (Å²) in [5, 5.41) is 0. The van der Waals surface area contributed by atoms with E-state index in [1.54, 1.807) is 11.8 Å². The van der Waals surface area contributed by atoms with Gasteiger partial charge in [-0.1, -0.05) is 72.4 Å². The molecule has 3 heterocycles. The van der Waals surface area contributed by atoms with Crippen LogP contribution in [0.5, 0.6) is 0 Å². The second kappa shape index (κ2) is 8.80. The Morgan fingerprint density at radius 2 is 1.27 bits per heavy atom. The van der Waals surface area contributed by atoms with Crippen LogP contribution in [0, 0.1) is 0 Å². The predicted octanol–water partition coefficient (Wildman–Crippen LogP) is 8.17. The summed E-state index contributed by atoms with van der Waals surface area (Å²) in [6.45, 7) is 0. The van der Waals surface area contributed by atoms with E-state index in [1.165, 1.54) is 9.79 Å². The van der Waals surface area contributed by atoms with Gasteiger partial charge < -0.3 is 4.90 Å². The van der Waals surface area contributed by atoms with Crippen LogP contribution in [0.4, 0.5) is 17.1 Å². The maximum absolute atomic E-state index is 13.8. The van der Waals surface area contributed by atoms with Crippen molar-refractivity contribution in [3.05, 3.63) is 139 Å². The van der Waals surface area contributed by atoms with E-state index in [9.17, 15) is 4.79 Å². The molecule has 0 saturated heterocycles. The number of carbonyl (C=O) groups is 1. The Kier molecular flexibility index (Phi) is 5.15. The van der Waals surface area contributed by atoms with Crippen LogP contribution < -0.4 is 4.90 Å². The molecule has 0 saturated carbocycles. The van der Waals surface area contributed by atoms with E-state index in [0.717, 1.165) is 34.0 Å². The second-order valence-corrected chi connectivity index (χ2v) is 9.94. The van der Waals surface area contributed by atoms with Crippen LogP contribution in [0.2, 0.25) is 0 Å². The topological polar surface area (TPSA) is 37.6 Å². The molecule has 0 radical (unpaired) electrons. The molecule has 0 atom stereocenters. The fourth-order valence-corrected chi connectivity index (χ4v) is 5.97. The predicted molar refractivity (Wildman–Crippen MR) is 149 cm³/mol. The van der Waals surface area contributed by atoms with Gasteiger partial charge in [0.05, 0.1) is 17.1 Å². The van der Waals surface area contributed by atoms with E-state index in [1.807, 2.05) is 83.4 Å². The zero-order valence-corrected chi connectivity index (χ0v) is 20.6. The Morgan fingerprint density at radius 3 is 1.97 bits per heavy atom. The highest BCUT2D eigenvalue weighted by molar-refractivity contribution is 7.99. The molecule has 0 amide bonds. The van der Waals surface area contributed by atoms with Gasteiger partial charge >= 0.3 is 0 Å². The van der Waals surface area contributed by atoms with Crippen LogP contribution in [0.15, 0.2) is 137 Å². The Hall–Kier alpha value is -4.61. The number of hydrogen-bond donors (Lipinski definition) is 0. The Morgan fingerprint density at radius 1 is 0.649 bits per heavy atom. The van der Waals surface area contributed by atoms with Crippen molar-refractivity contribution < 1.29 is 4.79 Å². The van der Waals surface area contributed by atoms with Crippen LogP contribution in [0.3, 0.4) is 0 Å². The number of benzene rings is 4. The molecule has 0 fully saturated rings. The van der Waals surface area contributed by atoms with E-state index in [-0.39, 0.29) is 5.78 Å². The third-order valence-electron chi connectivity index (χ3n) is 6.61.